The molecule has 1 aliphatic carbocycles. The second-order valence-corrected chi connectivity index (χ2v) is 5.49. The molecule has 1 saturated heterocycles. The van der Waals surface area contributed by atoms with Gasteiger partial charge in [-0.15, -0.1) is 0 Å². The van der Waals surface area contributed by atoms with Crippen LogP contribution in [0.4, 0.5) is 0 Å². The molecule has 2 fully saturated rings. The summed E-state index contributed by atoms with van der Waals surface area (Å²) >= 11 is 0. The van der Waals surface area contributed by atoms with E-state index in [-0.39, 0.29) is 24.3 Å². The summed E-state index contributed by atoms with van der Waals surface area (Å²) in [5.74, 6) is -1.93. The fraction of sp³-hybridized carbons (Fsp3) is 0.769. The number of piperazine rings is 1. The smallest absolute Gasteiger partial charge is 0.305 e. The van der Waals surface area contributed by atoms with Crippen molar-refractivity contribution in [1.82, 2.24) is 10.2 Å². The van der Waals surface area contributed by atoms with Crippen LogP contribution in [-0.2, 0) is 14.4 Å². The molecule has 3 unspecified atom stereocenters. The van der Waals surface area contributed by atoms with Crippen molar-refractivity contribution in [3.63, 3.8) is 0 Å². The highest BCUT2D eigenvalue weighted by Crippen LogP contribution is 2.26. The Hall–Kier alpha value is -1.63. The van der Waals surface area contributed by atoms with E-state index < -0.39 is 17.9 Å². The lowest BCUT2D eigenvalue weighted by Crippen LogP contribution is -2.60. The van der Waals surface area contributed by atoms with Gasteiger partial charge in [-0.2, -0.15) is 0 Å². The van der Waals surface area contributed by atoms with Gasteiger partial charge in [-0.25, -0.2) is 0 Å². The Bertz CT molecular complexity index is 412. The van der Waals surface area contributed by atoms with Gasteiger partial charge in [0.15, 0.2) is 0 Å². The fourth-order valence-corrected chi connectivity index (χ4v) is 3.03. The van der Waals surface area contributed by atoms with E-state index in [1.54, 1.807) is 0 Å². The number of rotatable bonds is 3. The third-order valence-electron chi connectivity index (χ3n) is 4.12. The largest absolute Gasteiger partial charge is 0.481 e. The standard InChI is InChI=1S/C13H21N3O4/c14-9-4-2-1-3-8(9)13(20)16-6-5-15-12(19)10(16)7-11(17)18/h8-10H,1-7,14H2,(H,15,19)(H,17,18). The SMILES string of the molecule is NC1CCCCC1C(=O)N1CCNC(=O)C1CC(=O)O. The first-order valence-corrected chi connectivity index (χ1v) is 7.06. The highest BCUT2D eigenvalue weighted by Gasteiger charge is 2.39. The van der Waals surface area contributed by atoms with Crippen molar-refractivity contribution in [1.29, 1.82) is 0 Å². The molecule has 1 saturated carbocycles. The molecular formula is C13H21N3O4. The van der Waals surface area contributed by atoms with Crippen LogP contribution in [-0.4, -0.2) is 53.0 Å². The maximum atomic E-state index is 12.6. The molecule has 0 aromatic carbocycles. The number of nitrogens with two attached hydrogens (primary N) is 1. The summed E-state index contributed by atoms with van der Waals surface area (Å²) in [5.41, 5.74) is 6.00. The zero-order chi connectivity index (χ0) is 14.7. The highest BCUT2D eigenvalue weighted by molar-refractivity contribution is 5.92. The quantitative estimate of drug-likeness (QED) is 0.634. The third kappa shape index (κ3) is 3.09. The molecule has 0 aromatic heterocycles. The zero-order valence-electron chi connectivity index (χ0n) is 11.4. The fourth-order valence-electron chi connectivity index (χ4n) is 3.03. The van der Waals surface area contributed by atoms with E-state index in [0.717, 1.165) is 25.7 Å². The number of carboxylic acids is 1. The van der Waals surface area contributed by atoms with Gasteiger partial charge in [0, 0.05) is 19.1 Å². The first-order valence-electron chi connectivity index (χ1n) is 7.06. The number of hydrogen-bond acceptors (Lipinski definition) is 4. The first-order chi connectivity index (χ1) is 9.50. The van der Waals surface area contributed by atoms with Gasteiger partial charge in [0.05, 0.1) is 12.3 Å². The molecule has 112 valence electrons. The van der Waals surface area contributed by atoms with Crippen molar-refractivity contribution in [2.24, 2.45) is 11.7 Å². The van der Waals surface area contributed by atoms with Crippen LogP contribution < -0.4 is 11.1 Å². The van der Waals surface area contributed by atoms with E-state index in [2.05, 4.69) is 5.32 Å². The van der Waals surface area contributed by atoms with Crippen LogP contribution in [0.15, 0.2) is 0 Å². The molecule has 20 heavy (non-hydrogen) atoms. The third-order valence-corrected chi connectivity index (χ3v) is 4.12. The normalized spacial score (nSPS) is 30.8. The number of hydrogen-bond donors (Lipinski definition) is 3. The van der Waals surface area contributed by atoms with Crippen LogP contribution in [0.3, 0.4) is 0 Å². The van der Waals surface area contributed by atoms with Gasteiger partial charge in [-0.05, 0) is 12.8 Å². The summed E-state index contributed by atoms with van der Waals surface area (Å²) in [6.45, 7) is 0.717. The van der Waals surface area contributed by atoms with Crippen LogP contribution in [0.5, 0.6) is 0 Å². The van der Waals surface area contributed by atoms with Crippen molar-refractivity contribution >= 4 is 17.8 Å². The minimum atomic E-state index is -1.09. The summed E-state index contributed by atoms with van der Waals surface area (Å²) in [6, 6.07) is -1.10. The molecule has 0 radical (unpaired) electrons. The minimum absolute atomic E-state index is 0.168. The second-order valence-electron chi connectivity index (χ2n) is 5.49. The predicted octanol–water partition coefficient (Wildman–Crippen LogP) is -0.694. The van der Waals surface area contributed by atoms with Gasteiger partial charge < -0.3 is 21.1 Å². The monoisotopic (exact) mass is 283 g/mol. The second kappa shape index (κ2) is 6.21. The van der Waals surface area contributed by atoms with Gasteiger partial charge in [-0.1, -0.05) is 12.8 Å². The lowest BCUT2D eigenvalue weighted by atomic mass is 9.83. The molecule has 0 aromatic rings. The van der Waals surface area contributed by atoms with E-state index in [1.165, 1.54) is 4.90 Å². The molecule has 2 amide bonds. The lowest BCUT2D eigenvalue weighted by molar-refractivity contribution is -0.151. The molecule has 7 nitrogen and oxygen atoms in total. The van der Waals surface area contributed by atoms with E-state index in [4.69, 9.17) is 10.8 Å². The van der Waals surface area contributed by atoms with E-state index in [0.29, 0.717) is 13.1 Å². The van der Waals surface area contributed by atoms with Gasteiger partial charge in [0.1, 0.15) is 6.04 Å². The van der Waals surface area contributed by atoms with Gasteiger partial charge in [0.2, 0.25) is 11.8 Å². The van der Waals surface area contributed by atoms with Crippen LogP contribution in [0, 0.1) is 5.92 Å². The number of amides is 2. The maximum absolute atomic E-state index is 12.6. The van der Waals surface area contributed by atoms with Crippen molar-refractivity contribution in [3.05, 3.63) is 0 Å². The minimum Gasteiger partial charge on any atom is -0.481 e. The number of nitrogens with one attached hydrogen (secondary N) is 1. The summed E-state index contributed by atoms with van der Waals surface area (Å²) in [4.78, 5) is 36.7. The Kier molecular flexibility index (Phi) is 4.59. The van der Waals surface area contributed by atoms with Crippen LogP contribution >= 0.6 is 0 Å². The molecule has 1 aliphatic heterocycles. The van der Waals surface area contributed by atoms with Crippen LogP contribution in [0.1, 0.15) is 32.1 Å². The number of nitrogens with zero attached hydrogens (tertiary/aromatic N) is 1. The Balaban J connectivity index is 2.12. The Labute approximate surface area is 117 Å². The lowest BCUT2D eigenvalue weighted by Gasteiger charge is -2.38. The van der Waals surface area contributed by atoms with Gasteiger partial charge >= 0.3 is 5.97 Å². The average Bonchev–Trinajstić information content (AvgIpc) is 2.40. The Morgan fingerprint density at radius 2 is 2.05 bits per heavy atom. The van der Waals surface area contributed by atoms with Gasteiger partial charge in [0.25, 0.3) is 0 Å². The summed E-state index contributed by atoms with van der Waals surface area (Å²) < 4.78 is 0. The van der Waals surface area contributed by atoms with Crippen molar-refractivity contribution < 1.29 is 19.5 Å². The maximum Gasteiger partial charge on any atom is 0.305 e. The summed E-state index contributed by atoms with van der Waals surface area (Å²) in [5, 5.41) is 11.5. The molecule has 2 rings (SSSR count). The van der Waals surface area contributed by atoms with E-state index in [1.807, 2.05) is 0 Å². The van der Waals surface area contributed by atoms with E-state index in [9.17, 15) is 14.4 Å². The van der Waals surface area contributed by atoms with Crippen LogP contribution in [0.2, 0.25) is 0 Å². The molecule has 4 N–H and O–H groups in total. The summed E-state index contributed by atoms with van der Waals surface area (Å²) in [6.07, 6.45) is 3.13. The number of carboxylic acid groups (broad SMARTS) is 1. The average molecular weight is 283 g/mol. The number of carbonyl (C=O) groups is 3. The molecule has 0 bridgehead atoms. The molecule has 2 aliphatic rings. The topological polar surface area (TPSA) is 113 Å². The molecule has 7 heteroatoms. The van der Waals surface area contributed by atoms with Crippen molar-refractivity contribution in [3.8, 4) is 0 Å². The molecule has 3 atom stereocenters. The first kappa shape index (κ1) is 14.8. The molecular weight excluding hydrogens is 262 g/mol. The summed E-state index contributed by atoms with van der Waals surface area (Å²) in [7, 11) is 0. The molecule has 1 heterocycles. The Morgan fingerprint density at radius 3 is 2.70 bits per heavy atom. The van der Waals surface area contributed by atoms with Crippen molar-refractivity contribution in [2.45, 2.75) is 44.2 Å². The van der Waals surface area contributed by atoms with Crippen LogP contribution in [0.25, 0.3) is 0 Å². The predicted molar refractivity (Wildman–Crippen MR) is 70.7 cm³/mol. The number of aliphatic carboxylic acids is 1. The highest BCUT2D eigenvalue weighted by atomic mass is 16.4. The molecule has 0 spiro atoms. The Morgan fingerprint density at radius 1 is 1.35 bits per heavy atom. The zero-order valence-corrected chi connectivity index (χ0v) is 11.4. The van der Waals surface area contributed by atoms with Gasteiger partial charge in [-0.3, -0.25) is 14.4 Å². The van der Waals surface area contributed by atoms with E-state index >= 15 is 0 Å². The number of carbonyl (C=O) groups excluding carboxylic acids is 2. The van der Waals surface area contributed by atoms with Crippen molar-refractivity contribution in [2.75, 3.05) is 13.1 Å².